The second-order valence-electron chi connectivity index (χ2n) is 5.30. The molecule has 0 aromatic carbocycles. The van der Waals surface area contributed by atoms with Crippen molar-refractivity contribution in [1.29, 1.82) is 0 Å². The van der Waals surface area contributed by atoms with E-state index in [9.17, 15) is 19.5 Å². The minimum Gasteiger partial charge on any atom is -0.550 e. The number of esters is 2. The summed E-state index contributed by atoms with van der Waals surface area (Å²) >= 11 is 0. The summed E-state index contributed by atoms with van der Waals surface area (Å²) in [4.78, 5) is 32.5. The van der Waals surface area contributed by atoms with Gasteiger partial charge in [0.15, 0.2) is 0 Å². The van der Waals surface area contributed by atoms with Crippen molar-refractivity contribution < 1.29 is 53.8 Å². The molecule has 0 rings (SSSR count). The maximum absolute atomic E-state index is 11.3. The Labute approximate surface area is 155 Å². The number of hydrogen-bond donors (Lipinski definition) is 0. The van der Waals surface area contributed by atoms with E-state index in [0.29, 0.717) is 6.42 Å². The topological polar surface area (TPSA) is 83.5 Å². The average molecular weight is 322 g/mol. The molecule has 0 N–H and O–H groups in total. The number of unbranched alkanes of at least 4 members (excludes halogenated alkanes) is 8. The van der Waals surface area contributed by atoms with Crippen LogP contribution in [0.15, 0.2) is 0 Å². The van der Waals surface area contributed by atoms with E-state index in [4.69, 9.17) is 0 Å². The van der Waals surface area contributed by atoms with Crippen LogP contribution in [0.5, 0.6) is 0 Å². The molecule has 22 heavy (non-hydrogen) atoms. The molecular weight excluding hydrogens is 295 g/mol. The van der Waals surface area contributed by atoms with Gasteiger partial charge in [-0.05, 0) is 12.8 Å². The van der Waals surface area contributed by atoms with Gasteiger partial charge in [0, 0.05) is 12.4 Å². The van der Waals surface area contributed by atoms with Crippen molar-refractivity contribution in [2.45, 2.75) is 84.0 Å². The van der Waals surface area contributed by atoms with E-state index in [1.54, 1.807) is 0 Å². The molecule has 0 spiro atoms. The molecule has 0 heterocycles. The normalized spacial score (nSPS) is 9.86. The van der Waals surface area contributed by atoms with Crippen LogP contribution < -0.4 is 34.7 Å². The molecule has 0 aromatic heterocycles. The van der Waals surface area contributed by atoms with Crippen molar-refractivity contribution in [2.24, 2.45) is 0 Å². The number of carboxylic acid groups (broad SMARTS) is 1. The van der Waals surface area contributed by atoms with Crippen LogP contribution >= 0.6 is 0 Å². The predicted molar refractivity (Wildman–Crippen MR) is 77.2 cm³/mol. The summed E-state index contributed by atoms with van der Waals surface area (Å²) in [5, 5.41) is 10.1. The van der Waals surface area contributed by atoms with Crippen molar-refractivity contribution in [3.05, 3.63) is 0 Å². The third-order valence-corrected chi connectivity index (χ3v) is 3.25. The molecule has 0 atom stereocenters. The summed E-state index contributed by atoms with van der Waals surface area (Å²) in [6.45, 7) is 2.20. The van der Waals surface area contributed by atoms with Gasteiger partial charge in [0.05, 0.1) is 6.42 Å². The maximum Gasteiger partial charge on any atom is 1.00 e. The molecule has 0 aliphatic carbocycles. The Morgan fingerprint density at radius 1 is 0.727 bits per heavy atom. The minimum absolute atomic E-state index is 0. The van der Waals surface area contributed by atoms with E-state index >= 15 is 0 Å². The van der Waals surface area contributed by atoms with E-state index in [0.717, 1.165) is 12.8 Å². The molecule has 0 aromatic rings. The zero-order valence-corrected chi connectivity index (χ0v) is 16.0. The van der Waals surface area contributed by atoms with Crippen molar-refractivity contribution in [1.82, 2.24) is 0 Å². The van der Waals surface area contributed by atoms with Gasteiger partial charge < -0.3 is 14.6 Å². The summed E-state index contributed by atoms with van der Waals surface area (Å²) in [7, 11) is 0. The first-order valence-corrected chi connectivity index (χ1v) is 7.99. The fraction of sp³-hybridized carbons (Fsp3) is 0.812. The van der Waals surface area contributed by atoms with Crippen LogP contribution in [0.25, 0.3) is 0 Å². The van der Waals surface area contributed by atoms with Gasteiger partial charge in [0.2, 0.25) is 0 Å². The van der Waals surface area contributed by atoms with Gasteiger partial charge in [-0.1, -0.05) is 58.3 Å². The summed E-state index contributed by atoms with van der Waals surface area (Å²) in [5.74, 6) is -2.68. The molecule has 0 bridgehead atoms. The maximum atomic E-state index is 11.3. The zero-order valence-electron chi connectivity index (χ0n) is 14.0. The fourth-order valence-electron chi connectivity index (χ4n) is 2.01. The van der Waals surface area contributed by atoms with Gasteiger partial charge in [-0.15, -0.1) is 0 Å². The van der Waals surface area contributed by atoms with Crippen molar-refractivity contribution in [3.8, 4) is 0 Å². The van der Waals surface area contributed by atoms with Crippen LogP contribution in [0, 0.1) is 0 Å². The second-order valence-corrected chi connectivity index (χ2v) is 5.30. The first kappa shape index (κ1) is 23.9. The molecular formula is C16H27NaO5. The molecule has 5 nitrogen and oxygen atoms in total. The van der Waals surface area contributed by atoms with Gasteiger partial charge in [-0.2, -0.15) is 0 Å². The Hall–Kier alpha value is -0.390. The Kier molecular flexibility index (Phi) is 18.4. The van der Waals surface area contributed by atoms with Crippen LogP contribution in [0.1, 0.15) is 84.0 Å². The molecule has 0 aliphatic rings. The second kappa shape index (κ2) is 17.0. The number of rotatable bonds is 13. The fourth-order valence-corrected chi connectivity index (χ4v) is 2.01. The first-order chi connectivity index (χ1) is 10.1. The van der Waals surface area contributed by atoms with Crippen LogP contribution in [0.2, 0.25) is 0 Å². The van der Waals surface area contributed by atoms with Crippen molar-refractivity contribution >= 4 is 17.9 Å². The molecule has 0 unspecified atom stereocenters. The smallest absolute Gasteiger partial charge is 0.550 e. The number of hydrogen-bond acceptors (Lipinski definition) is 5. The summed E-state index contributed by atoms with van der Waals surface area (Å²) in [6.07, 6.45) is 9.81. The molecule has 6 heteroatoms. The van der Waals surface area contributed by atoms with Gasteiger partial charge in [0.25, 0.3) is 0 Å². The monoisotopic (exact) mass is 322 g/mol. The van der Waals surface area contributed by atoms with Gasteiger partial charge in [-0.25, -0.2) is 0 Å². The van der Waals surface area contributed by atoms with Gasteiger partial charge in [-0.3, -0.25) is 9.59 Å². The molecule has 0 amide bonds. The zero-order chi connectivity index (χ0) is 15.9. The van der Waals surface area contributed by atoms with Crippen LogP contribution in [-0.2, 0) is 19.1 Å². The molecule has 0 saturated heterocycles. The first-order valence-electron chi connectivity index (χ1n) is 7.99. The van der Waals surface area contributed by atoms with Crippen LogP contribution in [-0.4, -0.2) is 17.9 Å². The van der Waals surface area contributed by atoms with E-state index in [2.05, 4.69) is 11.7 Å². The molecule has 0 saturated carbocycles. The largest absolute Gasteiger partial charge is 1.00 e. The minimum atomic E-state index is -1.32. The van der Waals surface area contributed by atoms with Gasteiger partial charge >= 0.3 is 41.5 Å². The number of carbonyl (C=O) groups excluding carboxylic acids is 3. The Morgan fingerprint density at radius 2 is 1.18 bits per heavy atom. The summed E-state index contributed by atoms with van der Waals surface area (Å²) in [5.41, 5.74) is 0. The Balaban J connectivity index is 0. The molecule has 0 aliphatic heterocycles. The Morgan fingerprint density at radius 3 is 1.68 bits per heavy atom. The predicted octanol–water partition coefficient (Wildman–Crippen LogP) is -0.489. The molecule has 0 fully saturated rings. The number of carbonyl (C=O) groups is 3. The summed E-state index contributed by atoms with van der Waals surface area (Å²) < 4.78 is 4.50. The SMILES string of the molecule is CCCCCCCCCCCC(=O)OC(=O)CCC(=O)[O-].[Na+]. The third-order valence-electron chi connectivity index (χ3n) is 3.25. The van der Waals surface area contributed by atoms with Crippen molar-refractivity contribution in [2.75, 3.05) is 0 Å². The Bertz CT molecular complexity index is 318. The number of carboxylic acids is 1. The van der Waals surface area contributed by atoms with Gasteiger partial charge in [0.1, 0.15) is 0 Å². The quantitative estimate of drug-likeness (QED) is 0.198. The molecule has 122 valence electrons. The van der Waals surface area contributed by atoms with E-state index in [1.165, 1.54) is 38.5 Å². The van der Waals surface area contributed by atoms with E-state index in [1.807, 2.05) is 0 Å². The van der Waals surface area contributed by atoms with Crippen molar-refractivity contribution in [3.63, 3.8) is 0 Å². The van der Waals surface area contributed by atoms with Crippen LogP contribution in [0.3, 0.4) is 0 Å². The summed E-state index contributed by atoms with van der Waals surface area (Å²) in [6, 6.07) is 0. The average Bonchev–Trinajstić information content (AvgIpc) is 2.43. The number of ether oxygens (including phenoxy) is 1. The molecule has 0 radical (unpaired) electrons. The van der Waals surface area contributed by atoms with E-state index in [-0.39, 0.29) is 42.4 Å². The number of aliphatic carboxylic acids is 1. The van der Waals surface area contributed by atoms with Crippen LogP contribution in [0.4, 0.5) is 0 Å². The third kappa shape index (κ3) is 17.7. The standard InChI is InChI=1S/C16H28O5.Na/c1-2-3-4-5-6-7-8-9-10-11-15(19)21-16(20)13-12-14(17)18;/h2-13H2,1H3,(H,17,18);/q;+1/p-1. The van der Waals surface area contributed by atoms with E-state index < -0.39 is 24.3 Å².